The third kappa shape index (κ3) is 3.25. The van der Waals surface area contributed by atoms with Crippen molar-refractivity contribution >= 4 is 11.7 Å². The molecule has 1 fully saturated rings. The number of carbonyl (C=O) groups is 1. The number of rotatable bonds is 5. The molecule has 0 saturated carbocycles. The van der Waals surface area contributed by atoms with Gasteiger partial charge in [-0.15, -0.1) is 0 Å². The smallest absolute Gasteiger partial charge is 0.254 e. The van der Waals surface area contributed by atoms with Gasteiger partial charge in [0.2, 0.25) is 0 Å². The minimum atomic E-state index is -0.591. The lowest BCUT2D eigenvalue weighted by atomic mass is 10.2. The van der Waals surface area contributed by atoms with Crippen molar-refractivity contribution in [2.45, 2.75) is 25.8 Å². The number of anilines is 1. The van der Waals surface area contributed by atoms with E-state index >= 15 is 0 Å². The van der Waals surface area contributed by atoms with Gasteiger partial charge in [-0.25, -0.2) is 9.37 Å². The van der Waals surface area contributed by atoms with Crippen LogP contribution >= 0.6 is 0 Å². The zero-order valence-corrected chi connectivity index (χ0v) is 11.9. The van der Waals surface area contributed by atoms with Gasteiger partial charge in [-0.2, -0.15) is 0 Å². The average Bonchev–Trinajstić information content (AvgIpc) is 2.84. The molecule has 1 saturated heterocycles. The van der Waals surface area contributed by atoms with Crippen LogP contribution in [0.3, 0.4) is 0 Å². The van der Waals surface area contributed by atoms with Crippen LogP contribution in [0.4, 0.5) is 10.2 Å². The van der Waals surface area contributed by atoms with E-state index in [4.69, 9.17) is 0 Å². The Morgan fingerprint density at radius 3 is 3.05 bits per heavy atom. The largest absolute Gasteiger partial charge is 0.368 e. The van der Waals surface area contributed by atoms with E-state index in [2.05, 4.69) is 20.5 Å². The van der Waals surface area contributed by atoms with Crippen molar-refractivity contribution in [1.82, 2.24) is 15.2 Å². The summed E-state index contributed by atoms with van der Waals surface area (Å²) in [7, 11) is 2.04. The first-order valence-electron chi connectivity index (χ1n) is 7.00. The van der Waals surface area contributed by atoms with Crippen LogP contribution in [0.5, 0.6) is 0 Å². The molecule has 110 valence electrons. The Hall–Kier alpha value is -1.69. The highest BCUT2D eigenvalue weighted by Crippen LogP contribution is 2.16. The van der Waals surface area contributed by atoms with Gasteiger partial charge >= 0.3 is 0 Å². The maximum Gasteiger partial charge on any atom is 0.254 e. The van der Waals surface area contributed by atoms with Crippen LogP contribution in [-0.2, 0) is 0 Å². The molecule has 1 amide bonds. The summed E-state index contributed by atoms with van der Waals surface area (Å²) in [6.45, 7) is 4.01. The van der Waals surface area contributed by atoms with Crippen molar-refractivity contribution in [2.24, 2.45) is 0 Å². The number of nitrogens with one attached hydrogen (secondary N) is 2. The van der Waals surface area contributed by atoms with Gasteiger partial charge in [-0.3, -0.25) is 4.79 Å². The molecular formula is C14H21FN4O. The molecule has 1 unspecified atom stereocenters. The van der Waals surface area contributed by atoms with E-state index < -0.39 is 5.82 Å². The first-order chi connectivity index (χ1) is 9.63. The second kappa shape index (κ2) is 6.65. The van der Waals surface area contributed by atoms with Crippen LogP contribution in [-0.4, -0.2) is 48.5 Å². The van der Waals surface area contributed by atoms with E-state index in [9.17, 15) is 9.18 Å². The van der Waals surface area contributed by atoms with Gasteiger partial charge in [0, 0.05) is 25.3 Å². The number of hydrogen-bond donors (Lipinski definition) is 2. The Morgan fingerprint density at radius 2 is 2.40 bits per heavy atom. The number of carbonyl (C=O) groups excluding carboxylic acids is 1. The monoisotopic (exact) mass is 280 g/mol. The molecule has 5 nitrogen and oxygen atoms in total. The van der Waals surface area contributed by atoms with E-state index in [0.29, 0.717) is 19.1 Å². The van der Waals surface area contributed by atoms with E-state index in [1.807, 2.05) is 14.0 Å². The summed E-state index contributed by atoms with van der Waals surface area (Å²) in [5.41, 5.74) is 0.0385. The molecule has 20 heavy (non-hydrogen) atoms. The fourth-order valence-corrected chi connectivity index (χ4v) is 2.45. The molecule has 0 aliphatic carbocycles. The first-order valence-corrected chi connectivity index (χ1v) is 7.00. The number of halogens is 1. The van der Waals surface area contributed by atoms with Crippen molar-refractivity contribution < 1.29 is 9.18 Å². The van der Waals surface area contributed by atoms with Gasteiger partial charge in [-0.05, 0) is 39.4 Å². The summed E-state index contributed by atoms with van der Waals surface area (Å²) >= 11 is 0. The predicted molar refractivity (Wildman–Crippen MR) is 76.3 cm³/mol. The van der Waals surface area contributed by atoms with Gasteiger partial charge in [0.15, 0.2) is 11.6 Å². The van der Waals surface area contributed by atoms with Crippen molar-refractivity contribution in [3.05, 3.63) is 23.6 Å². The minimum Gasteiger partial charge on any atom is -0.368 e. The second-order valence-corrected chi connectivity index (χ2v) is 5.04. The molecule has 1 aliphatic heterocycles. The molecule has 2 heterocycles. The summed E-state index contributed by atoms with van der Waals surface area (Å²) in [5, 5.41) is 5.61. The summed E-state index contributed by atoms with van der Waals surface area (Å²) in [5.74, 6) is -0.853. The Balaban J connectivity index is 2.00. The predicted octanol–water partition coefficient (Wildman–Crippen LogP) is 1.48. The number of pyridine rings is 1. The van der Waals surface area contributed by atoms with Gasteiger partial charge in [0.1, 0.15) is 0 Å². The van der Waals surface area contributed by atoms with Crippen molar-refractivity contribution in [3.8, 4) is 0 Å². The van der Waals surface area contributed by atoms with Crippen molar-refractivity contribution in [2.75, 3.05) is 32.0 Å². The quantitative estimate of drug-likeness (QED) is 0.857. The molecule has 2 N–H and O–H groups in total. The first kappa shape index (κ1) is 14.7. The van der Waals surface area contributed by atoms with E-state index in [0.717, 1.165) is 19.4 Å². The zero-order valence-electron chi connectivity index (χ0n) is 11.9. The highest BCUT2D eigenvalue weighted by molar-refractivity contribution is 5.95. The number of hydrogen-bond acceptors (Lipinski definition) is 4. The summed E-state index contributed by atoms with van der Waals surface area (Å²) in [6.07, 6.45) is 3.65. The molecule has 1 atom stereocenters. The molecular weight excluding hydrogens is 259 g/mol. The number of amides is 1. The lowest BCUT2D eigenvalue weighted by Crippen LogP contribution is -2.38. The SMILES string of the molecule is CCNc1nccc(C(=O)NCC2CCCN2C)c1F. The Bertz CT molecular complexity index is 480. The molecule has 1 aromatic heterocycles. The number of aromatic nitrogens is 1. The average molecular weight is 280 g/mol. The van der Waals surface area contributed by atoms with E-state index in [1.54, 1.807) is 0 Å². The van der Waals surface area contributed by atoms with Gasteiger partial charge < -0.3 is 15.5 Å². The molecule has 6 heteroatoms. The highest BCUT2D eigenvalue weighted by atomic mass is 19.1. The summed E-state index contributed by atoms with van der Waals surface area (Å²) < 4.78 is 14.1. The molecule has 2 rings (SSSR count). The third-order valence-corrected chi connectivity index (χ3v) is 3.65. The van der Waals surface area contributed by atoms with Crippen LogP contribution in [0.1, 0.15) is 30.1 Å². The maximum atomic E-state index is 14.1. The molecule has 0 bridgehead atoms. The van der Waals surface area contributed by atoms with Crippen LogP contribution in [0, 0.1) is 5.82 Å². The van der Waals surface area contributed by atoms with Crippen LogP contribution < -0.4 is 10.6 Å². The van der Waals surface area contributed by atoms with Gasteiger partial charge in [0.25, 0.3) is 5.91 Å². The molecule has 1 aliphatic rings. The molecule has 1 aromatic rings. The van der Waals surface area contributed by atoms with E-state index in [-0.39, 0.29) is 17.3 Å². The fourth-order valence-electron chi connectivity index (χ4n) is 2.45. The summed E-state index contributed by atoms with van der Waals surface area (Å²) in [6, 6.07) is 1.75. The lowest BCUT2D eigenvalue weighted by molar-refractivity contribution is 0.0939. The number of likely N-dealkylation sites (tertiary alicyclic amines) is 1. The van der Waals surface area contributed by atoms with Crippen LogP contribution in [0.25, 0.3) is 0 Å². The fraction of sp³-hybridized carbons (Fsp3) is 0.571. The van der Waals surface area contributed by atoms with Gasteiger partial charge in [-0.1, -0.05) is 0 Å². The molecule has 0 spiro atoms. The van der Waals surface area contributed by atoms with Crippen LogP contribution in [0.2, 0.25) is 0 Å². The van der Waals surface area contributed by atoms with Crippen molar-refractivity contribution in [1.29, 1.82) is 0 Å². The second-order valence-electron chi connectivity index (χ2n) is 5.04. The lowest BCUT2D eigenvalue weighted by Gasteiger charge is -2.19. The number of likely N-dealkylation sites (N-methyl/N-ethyl adjacent to an activating group) is 1. The van der Waals surface area contributed by atoms with Crippen molar-refractivity contribution in [3.63, 3.8) is 0 Å². The summed E-state index contributed by atoms with van der Waals surface area (Å²) in [4.78, 5) is 18.2. The minimum absolute atomic E-state index is 0.0385. The standard InChI is InChI=1S/C14H21FN4O/c1-3-16-13-12(15)11(6-7-17-13)14(20)18-9-10-5-4-8-19(10)2/h6-7,10H,3-5,8-9H2,1-2H3,(H,16,17)(H,18,20). The van der Waals surface area contributed by atoms with Gasteiger partial charge in [0.05, 0.1) is 5.56 Å². The third-order valence-electron chi connectivity index (χ3n) is 3.65. The highest BCUT2D eigenvalue weighted by Gasteiger charge is 2.22. The Kier molecular flexibility index (Phi) is 4.89. The van der Waals surface area contributed by atoms with E-state index in [1.165, 1.54) is 12.3 Å². The Labute approximate surface area is 118 Å². The van der Waals surface area contributed by atoms with Crippen LogP contribution in [0.15, 0.2) is 12.3 Å². The topological polar surface area (TPSA) is 57.3 Å². The number of nitrogens with zero attached hydrogens (tertiary/aromatic N) is 2. The normalized spacial score (nSPS) is 19.1. The molecule has 0 aromatic carbocycles. The zero-order chi connectivity index (χ0) is 14.5. The Morgan fingerprint density at radius 1 is 1.60 bits per heavy atom. The molecule has 0 radical (unpaired) electrons. The maximum absolute atomic E-state index is 14.1.